The van der Waals surface area contributed by atoms with E-state index in [1.807, 2.05) is 18.3 Å². The summed E-state index contributed by atoms with van der Waals surface area (Å²) in [6.07, 6.45) is 7.50. The van der Waals surface area contributed by atoms with E-state index in [1.165, 1.54) is 12.1 Å². The van der Waals surface area contributed by atoms with Crippen LogP contribution in [0.2, 0.25) is 0 Å². The van der Waals surface area contributed by atoms with E-state index in [-0.39, 0.29) is 11.8 Å². The van der Waals surface area contributed by atoms with Gasteiger partial charge < -0.3 is 10.6 Å². The number of amides is 2. The van der Waals surface area contributed by atoms with Crippen molar-refractivity contribution in [3.05, 3.63) is 78.3 Å². The molecule has 0 saturated heterocycles. The molecule has 0 aliphatic rings. The van der Waals surface area contributed by atoms with Gasteiger partial charge >= 0.3 is 6.03 Å². The topological polar surface area (TPSA) is 71.8 Å². The van der Waals surface area contributed by atoms with Crippen molar-refractivity contribution < 1.29 is 9.18 Å². The van der Waals surface area contributed by atoms with Gasteiger partial charge in [0.2, 0.25) is 0 Å². The van der Waals surface area contributed by atoms with Crippen LogP contribution < -0.4 is 10.6 Å². The zero-order valence-electron chi connectivity index (χ0n) is 13.5. The zero-order valence-corrected chi connectivity index (χ0v) is 13.5. The maximum Gasteiger partial charge on any atom is 0.315 e. The Bertz CT molecular complexity index is 818. The first-order valence-electron chi connectivity index (χ1n) is 7.90. The first-order chi connectivity index (χ1) is 12.2. The Morgan fingerprint density at radius 2 is 1.92 bits per heavy atom. The molecule has 0 aliphatic heterocycles. The summed E-state index contributed by atoms with van der Waals surface area (Å²) >= 11 is 0. The Labute approximate surface area is 144 Å². The Morgan fingerprint density at radius 1 is 1.08 bits per heavy atom. The lowest BCUT2D eigenvalue weighted by Crippen LogP contribution is -2.36. The molecular formula is C18H18FN5O. The number of hydrogen-bond donors (Lipinski definition) is 2. The van der Waals surface area contributed by atoms with Crippen molar-refractivity contribution in [1.82, 2.24) is 25.2 Å². The molecular weight excluding hydrogens is 321 g/mol. The Balaban J connectivity index is 1.44. The predicted molar refractivity (Wildman–Crippen MR) is 91.7 cm³/mol. The van der Waals surface area contributed by atoms with Crippen LogP contribution in [-0.2, 0) is 13.0 Å². The quantitative estimate of drug-likeness (QED) is 0.725. The fourth-order valence-electron chi connectivity index (χ4n) is 2.32. The second-order valence-corrected chi connectivity index (χ2v) is 5.48. The summed E-state index contributed by atoms with van der Waals surface area (Å²) in [5, 5.41) is 5.59. The molecule has 0 fully saturated rings. The van der Waals surface area contributed by atoms with E-state index in [2.05, 4.69) is 20.6 Å². The van der Waals surface area contributed by atoms with Crippen molar-refractivity contribution in [3.63, 3.8) is 0 Å². The number of hydrogen-bond acceptors (Lipinski definition) is 3. The number of nitrogens with zero attached hydrogens (tertiary/aromatic N) is 3. The van der Waals surface area contributed by atoms with Crippen molar-refractivity contribution in [2.75, 3.05) is 6.54 Å². The summed E-state index contributed by atoms with van der Waals surface area (Å²) < 4.78 is 14.6. The highest BCUT2D eigenvalue weighted by molar-refractivity contribution is 5.73. The number of pyridine rings is 1. The molecule has 7 heteroatoms. The van der Waals surface area contributed by atoms with Crippen LogP contribution in [0.5, 0.6) is 0 Å². The number of halogens is 1. The lowest BCUT2D eigenvalue weighted by molar-refractivity contribution is 0.240. The van der Waals surface area contributed by atoms with Crippen LogP contribution in [0.1, 0.15) is 11.1 Å². The summed E-state index contributed by atoms with van der Waals surface area (Å²) in [6, 6.07) is 9.74. The van der Waals surface area contributed by atoms with Gasteiger partial charge in [-0.25, -0.2) is 19.2 Å². The number of aromatic nitrogens is 3. The minimum absolute atomic E-state index is 0.247. The molecule has 1 aromatic carbocycles. The van der Waals surface area contributed by atoms with Gasteiger partial charge in [0.05, 0.1) is 0 Å². The van der Waals surface area contributed by atoms with Gasteiger partial charge in [0.15, 0.2) is 0 Å². The smallest absolute Gasteiger partial charge is 0.315 e. The third kappa shape index (κ3) is 4.87. The number of carbonyl (C=O) groups excluding carboxylic acids is 1. The van der Waals surface area contributed by atoms with Crippen LogP contribution in [0.15, 0.2) is 61.3 Å². The third-order valence-electron chi connectivity index (χ3n) is 3.64. The van der Waals surface area contributed by atoms with Crippen LogP contribution in [-0.4, -0.2) is 27.1 Å². The molecule has 0 atom stereocenters. The van der Waals surface area contributed by atoms with Crippen LogP contribution in [0, 0.1) is 5.82 Å². The molecule has 3 rings (SSSR count). The van der Waals surface area contributed by atoms with Gasteiger partial charge in [0.1, 0.15) is 18.0 Å². The van der Waals surface area contributed by atoms with Crippen molar-refractivity contribution in [3.8, 4) is 5.82 Å². The van der Waals surface area contributed by atoms with Gasteiger partial charge in [-0.05, 0) is 41.8 Å². The SMILES string of the molecule is O=C(NCCc1ccc(F)cc1)NCc1ccnc(-n2ccnc2)c1. The third-order valence-corrected chi connectivity index (χ3v) is 3.64. The molecule has 2 amide bonds. The highest BCUT2D eigenvalue weighted by Crippen LogP contribution is 2.06. The molecule has 2 N–H and O–H groups in total. The van der Waals surface area contributed by atoms with Crippen molar-refractivity contribution in [1.29, 1.82) is 0 Å². The number of rotatable bonds is 6. The molecule has 0 aliphatic carbocycles. The normalized spacial score (nSPS) is 10.4. The van der Waals surface area contributed by atoms with E-state index in [1.54, 1.807) is 35.4 Å². The van der Waals surface area contributed by atoms with Gasteiger partial charge in [0, 0.05) is 31.7 Å². The van der Waals surface area contributed by atoms with Gasteiger partial charge in [-0.2, -0.15) is 0 Å². The summed E-state index contributed by atoms with van der Waals surface area (Å²) in [4.78, 5) is 20.1. The van der Waals surface area contributed by atoms with E-state index < -0.39 is 0 Å². The number of benzene rings is 1. The van der Waals surface area contributed by atoms with Gasteiger partial charge in [0.25, 0.3) is 0 Å². The number of nitrogens with one attached hydrogen (secondary N) is 2. The molecule has 25 heavy (non-hydrogen) atoms. The van der Waals surface area contributed by atoms with Crippen LogP contribution in [0.3, 0.4) is 0 Å². The fraction of sp³-hybridized carbons (Fsp3) is 0.167. The Kier molecular flexibility index (Phi) is 5.36. The van der Waals surface area contributed by atoms with E-state index in [0.717, 1.165) is 16.9 Å². The minimum atomic E-state index is -0.262. The molecule has 2 heterocycles. The Hall–Kier alpha value is -3.22. The van der Waals surface area contributed by atoms with E-state index in [0.29, 0.717) is 19.5 Å². The summed E-state index contributed by atoms with van der Waals surface area (Å²) in [5.41, 5.74) is 1.91. The van der Waals surface area contributed by atoms with Crippen LogP contribution >= 0.6 is 0 Å². The van der Waals surface area contributed by atoms with Gasteiger partial charge in [-0.1, -0.05) is 12.1 Å². The second-order valence-electron chi connectivity index (χ2n) is 5.48. The molecule has 2 aromatic heterocycles. The first-order valence-corrected chi connectivity index (χ1v) is 7.90. The molecule has 128 valence electrons. The number of imidazole rings is 1. The molecule has 3 aromatic rings. The van der Waals surface area contributed by atoms with Gasteiger partial charge in [-0.15, -0.1) is 0 Å². The second kappa shape index (κ2) is 8.05. The van der Waals surface area contributed by atoms with Crippen molar-refractivity contribution >= 4 is 6.03 Å². The van der Waals surface area contributed by atoms with E-state index >= 15 is 0 Å². The van der Waals surface area contributed by atoms with Crippen molar-refractivity contribution in [2.24, 2.45) is 0 Å². The van der Waals surface area contributed by atoms with Crippen molar-refractivity contribution in [2.45, 2.75) is 13.0 Å². The molecule has 0 bridgehead atoms. The standard InChI is InChI=1S/C18H18FN5O/c19-16-3-1-14(2-4-16)5-8-22-18(25)23-12-15-6-7-21-17(11-15)24-10-9-20-13-24/h1-4,6-7,9-11,13H,5,8,12H2,(H2,22,23,25). The average Bonchev–Trinajstić information content (AvgIpc) is 3.17. The highest BCUT2D eigenvalue weighted by Gasteiger charge is 2.03. The summed E-state index contributed by atoms with van der Waals surface area (Å²) in [5.74, 6) is 0.482. The predicted octanol–water partition coefficient (Wildman–Crippen LogP) is 2.45. The largest absolute Gasteiger partial charge is 0.338 e. The maximum atomic E-state index is 12.8. The average molecular weight is 339 g/mol. The summed E-state index contributed by atoms with van der Waals surface area (Å²) in [7, 11) is 0. The minimum Gasteiger partial charge on any atom is -0.338 e. The lowest BCUT2D eigenvalue weighted by Gasteiger charge is -2.09. The molecule has 0 saturated carbocycles. The zero-order chi connectivity index (χ0) is 17.5. The van der Waals surface area contributed by atoms with Crippen LogP contribution in [0.25, 0.3) is 5.82 Å². The molecule has 0 radical (unpaired) electrons. The van der Waals surface area contributed by atoms with E-state index in [4.69, 9.17) is 0 Å². The van der Waals surface area contributed by atoms with Crippen LogP contribution in [0.4, 0.5) is 9.18 Å². The van der Waals surface area contributed by atoms with Gasteiger partial charge in [-0.3, -0.25) is 4.57 Å². The van der Waals surface area contributed by atoms with E-state index in [9.17, 15) is 9.18 Å². The Morgan fingerprint density at radius 3 is 2.68 bits per heavy atom. The monoisotopic (exact) mass is 339 g/mol. The molecule has 6 nitrogen and oxygen atoms in total. The molecule has 0 spiro atoms. The number of carbonyl (C=O) groups is 1. The molecule has 0 unspecified atom stereocenters. The summed E-state index contributed by atoms with van der Waals surface area (Å²) in [6.45, 7) is 0.876. The number of urea groups is 1. The fourth-order valence-corrected chi connectivity index (χ4v) is 2.32. The maximum absolute atomic E-state index is 12.8. The first kappa shape index (κ1) is 16.6. The highest BCUT2D eigenvalue weighted by atomic mass is 19.1. The lowest BCUT2D eigenvalue weighted by atomic mass is 10.1.